The summed E-state index contributed by atoms with van der Waals surface area (Å²) in [7, 11) is 1.70. The summed E-state index contributed by atoms with van der Waals surface area (Å²) in [5, 5.41) is 6.85. The number of fused-ring (bicyclic) bond motifs is 2. The molecule has 5 heteroatoms. The van der Waals surface area contributed by atoms with Crippen molar-refractivity contribution in [3.63, 3.8) is 0 Å². The summed E-state index contributed by atoms with van der Waals surface area (Å²) in [6.45, 7) is 2.23. The minimum Gasteiger partial charge on any atom is -0.496 e. The highest BCUT2D eigenvalue weighted by Crippen LogP contribution is 2.41. The number of benzene rings is 2. The molecule has 1 saturated carbocycles. The highest BCUT2D eigenvalue weighted by atomic mass is 16.5. The molecular formula is C20H20N4O. The van der Waals surface area contributed by atoms with E-state index in [1.54, 1.807) is 7.11 Å². The molecule has 0 bridgehead atoms. The van der Waals surface area contributed by atoms with E-state index in [4.69, 9.17) is 9.72 Å². The third-order valence-electron chi connectivity index (χ3n) is 5.28. The Morgan fingerprint density at radius 3 is 2.84 bits per heavy atom. The van der Waals surface area contributed by atoms with E-state index in [1.165, 1.54) is 18.2 Å². The molecule has 0 unspecified atom stereocenters. The van der Waals surface area contributed by atoms with Crippen LogP contribution in [0.3, 0.4) is 0 Å². The Hall–Kier alpha value is -2.82. The highest BCUT2D eigenvalue weighted by molar-refractivity contribution is 5.99. The Morgan fingerprint density at radius 1 is 1.20 bits per heavy atom. The van der Waals surface area contributed by atoms with Crippen molar-refractivity contribution < 1.29 is 4.74 Å². The van der Waals surface area contributed by atoms with E-state index < -0.39 is 0 Å². The van der Waals surface area contributed by atoms with Crippen molar-refractivity contribution in [3.05, 3.63) is 42.6 Å². The maximum atomic E-state index is 5.62. The topological polar surface area (TPSA) is 55.7 Å². The minimum absolute atomic E-state index is 0.392. The van der Waals surface area contributed by atoms with E-state index in [0.29, 0.717) is 6.04 Å². The van der Waals surface area contributed by atoms with Crippen molar-refractivity contribution in [1.29, 1.82) is 0 Å². The predicted molar refractivity (Wildman–Crippen MR) is 98.8 cm³/mol. The molecule has 1 aliphatic carbocycles. The molecular weight excluding hydrogens is 312 g/mol. The maximum absolute atomic E-state index is 5.62. The van der Waals surface area contributed by atoms with E-state index in [-0.39, 0.29) is 0 Å². The number of hydrogen-bond donors (Lipinski definition) is 1. The van der Waals surface area contributed by atoms with Crippen LogP contribution in [0.2, 0.25) is 0 Å². The number of aromatic amines is 1. The van der Waals surface area contributed by atoms with E-state index in [1.807, 2.05) is 24.4 Å². The molecule has 5 nitrogen and oxygen atoms in total. The van der Waals surface area contributed by atoms with Gasteiger partial charge < -0.3 is 9.72 Å². The lowest BCUT2D eigenvalue weighted by atomic mass is 10.0. The van der Waals surface area contributed by atoms with Gasteiger partial charge in [-0.1, -0.05) is 30.3 Å². The van der Waals surface area contributed by atoms with Gasteiger partial charge in [-0.05, 0) is 42.5 Å². The number of hydrogen-bond acceptors (Lipinski definition) is 3. The summed E-state index contributed by atoms with van der Waals surface area (Å²) in [4.78, 5) is 8.34. The van der Waals surface area contributed by atoms with Gasteiger partial charge in [0.05, 0.1) is 24.9 Å². The molecule has 25 heavy (non-hydrogen) atoms. The number of imidazole rings is 1. The first-order valence-corrected chi connectivity index (χ1v) is 8.75. The van der Waals surface area contributed by atoms with Crippen LogP contribution in [0, 0.1) is 5.92 Å². The second-order valence-corrected chi connectivity index (χ2v) is 6.85. The molecule has 2 heterocycles. The molecule has 1 N–H and O–H groups in total. The summed E-state index contributed by atoms with van der Waals surface area (Å²) in [5.41, 5.74) is 2.89. The van der Waals surface area contributed by atoms with Crippen LogP contribution in [0.15, 0.2) is 42.6 Å². The largest absolute Gasteiger partial charge is 0.496 e. The zero-order valence-corrected chi connectivity index (χ0v) is 14.4. The number of H-pyrrole nitrogens is 1. The van der Waals surface area contributed by atoms with Crippen molar-refractivity contribution in [2.45, 2.75) is 25.8 Å². The smallest absolute Gasteiger partial charge is 0.177 e. The molecule has 0 saturated heterocycles. The Morgan fingerprint density at radius 2 is 2.04 bits per heavy atom. The van der Waals surface area contributed by atoms with Gasteiger partial charge in [-0.2, -0.15) is 5.10 Å². The molecule has 1 aliphatic rings. The lowest BCUT2D eigenvalue weighted by molar-refractivity contribution is 0.416. The predicted octanol–water partition coefficient (Wildman–Crippen LogP) is 4.56. The third kappa shape index (κ3) is 2.22. The molecule has 0 spiro atoms. The number of ether oxygens (including phenoxy) is 1. The van der Waals surface area contributed by atoms with Gasteiger partial charge in [0.1, 0.15) is 17.1 Å². The van der Waals surface area contributed by atoms with Crippen molar-refractivity contribution in [2.75, 3.05) is 7.11 Å². The Labute approximate surface area is 145 Å². The van der Waals surface area contributed by atoms with Crippen LogP contribution in [0.25, 0.3) is 33.3 Å². The minimum atomic E-state index is 0.392. The summed E-state index contributed by atoms with van der Waals surface area (Å²) in [5.74, 6) is 2.39. The van der Waals surface area contributed by atoms with Crippen LogP contribution < -0.4 is 4.74 Å². The first-order valence-electron chi connectivity index (χ1n) is 8.75. The SMILES string of the molecule is COc1ccc2ccccc2c1-c1nc2c(cnn2[C@H](C)C2CC2)[nH]1. The highest BCUT2D eigenvalue weighted by Gasteiger charge is 2.31. The van der Waals surface area contributed by atoms with Crippen LogP contribution in [-0.2, 0) is 0 Å². The van der Waals surface area contributed by atoms with Gasteiger partial charge in [0.25, 0.3) is 0 Å². The van der Waals surface area contributed by atoms with Crippen molar-refractivity contribution >= 4 is 21.9 Å². The average Bonchev–Trinajstić information content (AvgIpc) is 3.30. The summed E-state index contributed by atoms with van der Waals surface area (Å²) < 4.78 is 7.68. The van der Waals surface area contributed by atoms with E-state index >= 15 is 0 Å². The maximum Gasteiger partial charge on any atom is 0.177 e. The van der Waals surface area contributed by atoms with Gasteiger partial charge in [0.2, 0.25) is 0 Å². The molecule has 5 rings (SSSR count). The fraction of sp³-hybridized carbons (Fsp3) is 0.300. The normalized spacial score (nSPS) is 15.8. The van der Waals surface area contributed by atoms with Gasteiger partial charge >= 0.3 is 0 Å². The van der Waals surface area contributed by atoms with Crippen LogP contribution in [0.1, 0.15) is 25.8 Å². The second-order valence-electron chi connectivity index (χ2n) is 6.85. The number of rotatable bonds is 4. The fourth-order valence-corrected chi connectivity index (χ4v) is 3.68. The monoisotopic (exact) mass is 332 g/mol. The summed E-state index contributed by atoms with van der Waals surface area (Å²) in [6, 6.07) is 12.8. The van der Waals surface area contributed by atoms with E-state index in [2.05, 4.69) is 39.9 Å². The van der Waals surface area contributed by atoms with Crippen molar-refractivity contribution in [1.82, 2.24) is 19.7 Å². The Balaban J connectivity index is 1.72. The first-order chi connectivity index (χ1) is 12.3. The molecule has 0 radical (unpaired) electrons. The van der Waals surface area contributed by atoms with Gasteiger partial charge in [-0.25, -0.2) is 9.67 Å². The molecule has 2 aromatic carbocycles. The Kier molecular flexibility index (Phi) is 3.10. The van der Waals surface area contributed by atoms with Crippen molar-refractivity contribution in [2.24, 2.45) is 5.92 Å². The van der Waals surface area contributed by atoms with Gasteiger partial charge in [-0.3, -0.25) is 0 Å². The molecule has 2 aromatic heterocycles. The number of nitrogens with zero attached hydrogens (tertiary/aromatic N) is 3. The van der Waals surface area contributed by atoms with Crippen LogP contribution in [0.5, 0.6) is 5.75 Å². The standard InChI is InChI=1S/C20H20N4O/c1-12(13-7-8-13)24-20-16(11-21-24)22-19(23-20)18-15-6-4-3-5-14(15)9-10-17(18)25-2/h3-6,9-13H,7-8H2,1-2H3,(H,22,23)/t12-/m1/s1. The zero-order valence-electron chi connectivity index (χ0n) is 14.4. The van der Waals surface area contributed by atoms with Crippen LogP contribution in [-0.4, -0.2) is 26.9 Å². The Bertz CT molecular complexity index is 1070. The summed E-state index contributed by atoms with van der Waals surface area (Å²) in [6.07, 6.45) is 4.45. The fourth-order valence-electron chi connectivity index (χ4n) is 3.68. The number of methoxy groups -OCH3 is 1. The number of aromatic nitrogens is 4. The molecule has 1 atom stereocenters. The number of nitrogens with one attached hydrogen (secondary N) is 1. The molecule has 4 aromatic rings. The van der Waals surface area contributed by atoms with Crippen molar-refractivity contribution in [3.8, 4) is 17.1 Å². The van der Waals surface area contributed by atoms with Crippen LogP contribution in [0.4, 0.5) is 0 Å². The molecule has 1 fully saturated rings. The molecule has 0 amide bonds. The van der Waals surface area contributed by atoms with E-state index in [9.17, 15) is 0 Å². The molecule has 126 valence electrons. The van der Waals surface area contributed by atoms with Gasteiger partial charge in [0.15, 0.2) is 5.65 Å². The van der Waals surface area contributed by atoms with E-state index in [0.717, 1.165) is 39.6 Å². The lowest BCUT2D eigenvalue weighted by Gasteiger charge is -2.11. The summed E-state index contributed by atoms with van der Waals surface area (Å²) >= 11 is 0. The van der Waals surface area contributed by atoms with Gasteiger partial charge in [0, 0.05) is 0 Å². The second kappa shape index (κ2) is 5.34. The lowest BCUT2D eigenvalue weighted by Crippen LogP contribution is -2.08. The van der Waals surface area contributed by atoms with Gasteiger partial charge in [-0.15, -0.1) is 0 Å². The quantitative estimate of drug-likeness (QED) is 0.596. The molecule has 0 aliphatic heterocycles. The first kappa shape index (κ1) is 14.5. The average molecular weight is 332 g/mol. The van der Waals surface area contributed by atoms with Crippen LogP contribution >= 0.6 is 0 Å². The third-order valence-corrected chi connectivity index (χ3v) is 5.28. The zero-order chi connectivity index (χ0) is 17.0.